The van der Waals surface area contributed by atoms with Gasteiger partial charge in [0.1, 0.15) is 12.2 Å². The molecule has 1 aromatic heterocycles. The zero-order valence-corrected chi connectivity index (χ0v) is 10.9. The van der Waals surface area contributed by atoms with Crippen molar-refractivity contribution in [2.75, 3.05) is 11.9 Å². The molecule has 1 N–H and O–H groups in total. The molecule has 2 aromatic rings. The van der Waals surface area contributed by atoms with E-state index in [0.717, 1.165) is 12.0 Å². The number of nitrogens with zero attached hydrogens (tertiary/aromatic N) is 3. The van der Waals surface area contributed by atoms with E-state index in [-0.39, 0.29) is 12.1 Å². The molecule has 0 radical (unpaired) electrons. The molecule has 3 rings (SSSR count). The summed E-state index contributed by atoms with van der Waals surface area (Å²) < 4.78 is 5.80. The van der Waals surface area contributed by atoms with E-state index >= 15 is 0 Å². The van der Waals surface area contributed by atoms with E-state index in [1.807, 2.05) is 36.4 Å². The van der Waals surface area contributed by atoms with Gasteiger partial charge in [-0.15, -0.1) is 0 Å². The summed E-state index contributed by atoms with van der Waals surface area (Å²) in [6, 6.07) is 12.2. The molecule has 0 bridgehead atoms. The molecule has 1 aliphatic rings. The van der Waals surface area contributed by atoms with Crippen LogP contribution in [0, 0.1) is 11.3 Å². The lowest BCUT2D eigenvalue weighted by Gasteiger charge is -2.20. The molecule has 0 aliphatic carbocycles. The lowest BCUT2D eigenvalue weighted by Crippen LogP contribution is -2.24. The van der Waals surface area contributed by atoms with E-state index in [1.54, 1.807) is 6.20 Å². The van der Waals surface area contributed by atoms with Crippen molar-refractivity contribution in [3.8, 4) is 6.07 Å². The molecule has 20 heavy (non-hydrogen) atoms. The van der Waals surface area contributed by atoms with Gasteiger partial charge in [0.2, 0.25) is 0 Å². The predicted octanol–water partition coefficient (Wildman–Crippen LogP) is 2.29. The van der Waals surface area contributed by atoms with Gasteiger partial charge in [0.15, 0.2) is 11.5 Å². The number of hydrogen-bond acceptors (Lipinski definition) is 5. The quantitative estimate of drug-likeness (QED) is 0.922. The van der Waals surface area contributed by atoms with E-state index in [1.165, 1.54) is 6.20 Å². The van der Waals surface area contributed by atoms with Crippen molar-refractivity contribution in [1.29, 1.82) is 5.26 Å². The van der Waals surface area contributed by atoms with Gasteiger partial charge in [-0.3, -0.25) is 0 Å². The molecule has 2 atom stereocenters. The number of ether oxygens (including phenoxy) is 1. The van der Waals surface area contributed by atoms with E-state index in [9.17, 15) is 0 Å². The van der Waals surface area contributed by atoms with Crippen molar-refractivity contribution in [2.24, 2.45) is 0 Å². The second kappa shape index (κ2) is 5.68. The predicted molar refractivity (Wildman–Crippen MR) is 73.9 cm³/mol. The van der Waals surface area contributed by atoms with Gasteiger partial charge in [-0.2, -0.15) is 5.26 Å². The third kappa shape index (κ3) is 2.46. The zero-order valence-electron chi connectivity index (χ0n) is 10.9. The average Bonchev–Trinajstić information content (AvgIpc) is 2.97. The first-order valence-electron chi connectivity index (χ1n) is 6.52. The van der Waals surface area contributed by atoms with Crippen LogP contribution >= 0.6 is 0 Å². The number of aromatic nitrogens is 2. The molecule has 5 nitrogen and oxygen atoms in total. The maximum atomic E-state index is 9.05. The van der Waals surface area contributed by atoms with E-state index in [0.29, 0.717) is 18.1 Å². The van der Waals surface area contributed by atoms with Crippen LogP contribution in [-0.4, -0.2) is 22.6 Å². The summed E-state index contributed by atoms with van der Waals surface area (Å²) in [6.45, 7) is 0.694. The molecule has 1 fully saturated rings. The molecule has 1 saturated heterocycles. The Morgan fingerprint density at radius 1 is 1.20 bits per heavy atom. The summed E-state index contributed by atoms with van der Waals surface area (Å²) >= 11 is 0. The van der Waals surface area contributed by atoms with Crippen LogP contribution in [0.1, 0.15) is 23.8 Å². The van der Waals surface area contributed by atoms with Gasteiger partial charge < -0.3 is 10.1 Å². The van der Waals surface area contributed by atoms with Crippen molar-refractivity contribution < 1.29 is 4.74 Å². The summed E-state index contributed by atoms with van der Waals surface area (Å²) in [5, 5.41) is 12.3. The van der Waals surface area contributed by atoms with Crippen LogP contribution in [0.2, 0.25) is 0 Å². The normalized spacial score (nSPS) is 21.4. The van der Waals surface area contributed by atoms with Gasteiger partial charge in [-0.25, -0.2) is 9.97 Å². The molecule has 0 spiro atoms. The largest absolute Gasteiger partial charge is 0.371 e. The highest BCUT2D eigenvalue weighted by molar-refractivity contribution is 5.48. The minimum absolute atomic E-state index is 0.0234. The van der Waals surface area contributed by atoms with Crippen molar-refractivity contribution >= 4 is 5.82 Å². The van der Waals surface area contributed by atoms with Crippen molar-refractivity contribution in [1.82, 2.24) is 9.97 Å². The number of rotatable bonds is 3. The van der Waals surface area contributed by atoms with Crippen molar-refractivity contribution in [2.45, 2.75) is 18.6 Å². The smallest absolute Gasteiger partial charge is 0.182 e. The van der Waals surface area contributed by atoms with Crippen LogP contribution < -0.4 is 5.32 Å². The summed E-state index contributed by atoms with van der Waals surface area (Å²) in [4.78, 5) is 8.20. The number of anilines is 1. The average molecular weight is 266 g/mol. The Kier molecular flexibility index (Phi) is 3.57. The molecule has 0 saturated carbocycles. The van der Waals surface area contributed by atoms with E-state index in [4.69, 9.17) is 10.00 Å². The molecule has 1 aliphatic heterocycles. The lowest BCUT2D eigenvalue weighted by molar-refractivity contribution is 0.107. The monoisotopic (exact) mass is 266 g/mol. The number of nitriles is 1. The first-order chi connectivity index (χ1) is 9.88. The van der Waals surface area contributed by atoms with Crippen LogP contribution in [0.25, 0.3) is 0 Å². The van der Waals surface area contributed by atoms with Gasteiger partial charge in [0.25, 0.3) is 0 Å². The topological polar surface area (TPSA) is 70.8 Å². The van der Waals surface area contributed by atoms with Gasteiger partial charge in [-0.1, -0.05) is 30.3 Å². The summed E-state index contributed by atoms with van der Waals surface area (Å²) in [7, 11) is 0. The summed E-state index contributed by atoms with van der Waals surface area (Å²) in [5.74, 6) is 0.520. The Bertz CT molecular complexity index is 623. The van der Waals surface area contributed by atoms with Crippen LogP contribution in [0.5, 0.6) is 0 Å². The molecular weight excluding hydrogens is 252 g/mol. The Morgan fingerprint density at radius 2 is 2.00 bits per heavy atom. The van der Waals surface area contributed by atoms with Gasteiger partial charge >= 0.3 is 0 Å². The number of nitrogens with one attached hydrogen (secondary N) is 1. The fourth-order valence-corrected chi connectivity index (χ4v) is 2.41. The second-order valence-corrected chi connectivity index (χ2v) is 4.61. The molecule has 2 heterocycles. The highest BCUT2D eigenvalue weighted by Crippen LogP contribution is 2.31. The van der Waals surface area contributed by atoms with Gasteiger partial charge in [-0.05, 0) is 12.0 Å². The number of hydrogen-bond donors (Lipinski definition) is 1. The molecular formula is C15H14N4O. The third-order valence-corrected chi connectivity index (χ3v) is 3.35. The SMILES string of the molecule is N#Cc1nccnc1NC1CCOC1c1ccccc1. The van der Waals surface area contributed by atoms with E-state index in [2.05, 4.69) is 15.3 Å². The molecule has 100 valence electrons. The minimum Gasteiger partial charge on any atom is -0.371 e. The molecule has 0 amide bonds. The Labute approximate surface area is 117 Å². The third-order valence-electron chi connectivity index (χ3n) is 3.35. The molecule has 5 heteroatoms. The zero-order chi connectivity index (χ0) is 13.8. The second-order valence-electron chi connectivity index (χ2n) is 4.61. The maximum Gasteiger partial charge on any atom is 0.182 e. The Hall–Kier alpha value is -2.45. The highest BCUT2D eigenvalue weighted by atomic mass is 16.5. The Balaban J connectivity index is 1.82. The van der Waals surface area contributed by atoms with Crippen LogP contribution in [0.3, 0.4) is 0 Å². The first-order valence-corrected chi connectivity index (χ1v) is 6.52. The van der Waals surface area contributed by atoms with E-state index < -0.39 is 0 Å². The first kappa shape index (κ1) is 12.6. The fourth-order valence-electron chi connectivity index (χ4n) is 2.41. The van der Waals surface area contributed by atoms with Crippen molar-refractivity contribution in [3.05, 3.63) is 54.0 Å². The summed E-state index contributed by atoms with van der Waals surface area (Å²) in [6.07, 6.45) is 3.95. The van der Waals surface area contributed by atoms with Crippen LogP contribution in [0.15, 0.2) is 42.7 Å². The standard InChI is InChI=1S/C15H14N4O/c16-10-13-15(18-8-7-17-13)19-12-6-9-20-14(12)11-4-2-1-3-5-11/h1-5,7-8,12,14H,6,9H2,(H,18,19). The fraction of sp³-hybridized carbons (Fsp3) is 0.267. The highest BCUT2D eigenvalue weighted by Gasteiger charge is 2.30. The van der Waals surface area contributed by atoms with Crippen LogP contribution in [-0.2, 0) is 4.74 Å². The maximum absolute atomic E-state index is 9.05. The number of benzene rings is 1. The molecule has 2 unspecified atom stereocenters. The van der Waals surface area contributed by atoms with Crippen molar-refractivity contribution in [3.63, 3.8) is 0 Å². The summed E-state index contributed by atoms with van der Waals surface area (Å²) in [5.41, 5.74) is 1.44. The Morgan fingerprint density at radius 3 is 2.80 bits per heavy atom. The lowest BCUT2D eigenvalue weighted by atomic mass is 10.0. The van der Waals surface area contributed by atoms with Gasteiger partial charge in [0, 0.05) is 19.0 Å². The van der Waals surface area contributed by atoms with Gasteiger partial charge in [0.05, 0.1) is 6.04 Å². The molecule has 1 aromatic carbocycles. The minimum atomic E-state index is -0.0234. The van der Waals surface area contributed by atoms with Crippen LogP contribution in [0.4, 0.5) is 5.82 Å².